The van der Waals surface area contributed by atoms with Gasteiger partial charge in [0.2, 0.25) is 5.95 Å². The highest BCUT2D eigenvalue weighted by atomic mass is 16.1. The third-order valence-electron chi connectivity index (χ3n) is 3.97. The number of nitrogens with zero attached hydrogens (tertiary/aromatic N) is 1. The zero-order chi connectivity index (χ0) is 13.5. The number of hydrogen-bond donors (Lipinski definition) is 3. The average molecular weight is 258 g/mol. The Balaban J connectivity index is 1.88. The maximum absolute atomic E-state index is 12.0. The first-order chi connectivity index (χ1) is 9.06. The second kappa shape index (κ2) is 4.26. The molecule has 19 heavy (non-hydrogen) atoms. The number of H-pyrrole nitrogens is 1. The van der Waals surface area contributed by atoms with Crippen molar-refractivity contribution in [3.63, 3.8) is 0 Å². The normalized spacial score (nSPS) is 17.1. The third kappa shape index (κ3) is 2.28. The van der Waals surface area contributed by atoms with E-state index in [1.165, 1.54) is 19.3 Å². The molecule has 3 rings (SSSR count). The molecule has 5 nitrogen and oxygen atoms in total. The van der Waals surface area contributed by atoms with Crippen molar-refractivity contribution >= 4 is 22.5 Å². The molecule has 0 bridgehead atoms. The van der Waals surface area contributed by atoms with Crippen molar-refractivity contribution in [3.05, 3.63) is 28.6 Å². The number of anilines is 2. The van der Waals surface area contributed by atoms with Crippen LogP contribution in [0.25, 0.3) is 10.9 Å². The Morgan fingerprint density at radius 3 is 2.95 bits per heavy atom. The van der Waals surface area contributed by atoms with Gasteiger partial charge in [-0.15, -0.1) is 0 Å². The summed E-state index contributed by atoms with van der Waals surface area (Å²) in [6.45, 7) is 3.10. The van der Waals surface area contributed by atoms with Gasteiger partial charge in [-0.1, -0.05) is 13.3 Å². The fourth-order valence-electron chi connectivity index (χ4n) is 2.49. The fourth-order valence-corrected chi connectivity index (χ4v) is 2.49. The Kier molecular flexibility index (Phi) is 2.69. The number of benzene rings is 1. The summed E-state index contributed by atoms with van der Waals surface area (Å²) in [5, 5.41) is 3.76. The molecule has 2 aromatic rings. The Hall–Kier alpha value is -2.04. The molecule has 1 fully saturated rings. The quantitative estimate of drug-likeness (QED) is 0.736. The van der Waals surface area contributed by atoms with Crippen molar-refractivity contribution in [1.82, 2.24) is 9.97 Å². The van der Waals surface area contributed by atoms with Crippen molar-refractivity contribution in [2.45, 2.75) is 26.2 Å². The van der Waals surface area contributed by atoms with E-state index in [1.54, 1.807) is 18.2 Å². The van der Waals surface area contributed by atoms with Crippen LogP contribution in [0.5, 0.6) is 0 Å². The van der Waals surface area contributed by atoms with Crippen LogP contribution in [-0.2, 0) is 0 Å². The lowest BCUT2D eigenvalue weighted by Gasteiger charge is -2.38. The Bertz CT molecular complexity index is 673. The molecule has 1 aromatic heterocycles. The Labute approximate surface area is 111 Å². The monoisotopic (exact) mass is 258 g/mol. The Morgan fingerprint density at radius 2 is 2.26 bits per heavy atom. The number of nitrogen functional groups attached to an aromatic ring is 1. The van der Waals surface area contributed by atoms with E-state index in [9.17, 15) is 4.79 Å². The minimum atomic E-state index is -0.154. The maximum Gasteiger partial charge on any atom is 0.260 e. The number of aromatic nitrogens is 2. The highest BCUT2D eigenvalue weighted by Crippen LogP contribution is 2.39. The van der Waals surface area contributed by atoms with E-state index < -0.39 is 0 Å². The van der Waals surface area contributed by atoms with Crippen LogP contribution in [0.3, 0.4) is 0 Å². The average Bonchev–Trinajstić information content (AvgIpc) is 2.35. The van der Waals surface area contributed by atoms with Crippen molar-refractivity contribution in [3.8, 4) is 0 Å². The van der Waals surface area contributed by atoms with E-state index in [-0.39, 0.29) is 5.56 Å². The van der Waals surface area contributed by atoms with E-state index in [0.717, 1.165) is 6.54 Å². The van der Waals surface area contributed by atoms with Crippen molar-refractivity contribution in [1.29, 1.82) is 0 Å². The van der Waals surface area contributed by atoms with Gasteiger partial charge < -0.3 is 11.1 Å². The molecule has 0 aliphatic heterocycles. The van der Waals surface area contributed by atoms with Crippen LogP contribution in [-0.4, -0.2) is 16.5 Å². The van der Waals surface area contributed by atoms with Gasteiger partial charge in [-0.25, -0.2) is 4.98 Å². The number of nitrogens with one attached hydrogen (secondary N) is 2. The summed E-state index contributed by atoms with van der Waals surface area (Å²) in [5.41, 5.74) is 7.10. The largest absolute Gasteiger partial charge is 0.399 e. The second-order valence-corrected chi connectivity index (χ2v) is 5.71. The van der Waals surface area contributed by atoms with E-state index in [0.29, 0.717) is 28.0 Å². The SMILES string of the molecule is CC1(CNc2nc3ccc(N)cc3c(=O)[nH]2)CCC1. The molecule has 1 aliphatic carbocycles. The minimum Gasteiger partial charge on any atom is -0.399 e. The van der Waals surface area contributed by atoms with E-state index >= 15 is 0 Å². The molecule has 0 saturated heterocycles. The summed E-state index contributed by atoms with van der Waals surface area (Å²) < 4.78 is 0. The molecule has 100 valence electrons. The fraction of sp³-hybridized carbons (Fsp3) is 0.429. The summed E-state index contributed by atoms with van der Waals surface area (Å²) >= 11 is 0. The molecule has 0 amide bonds. The van der Waals surface area contributed by atoms with Gasteiger partial charge in [-0.05, 0) is 36.5 Å². The van der Waals surface area contributed by atoms with Gasteiger partial charge in [0, 0.05) is 12.2 Å². The molecule has 0 atom stereocenters. The number of rotatable bonds is 3. The van der Waals surface area contributed by atoms with Crippen molar-refractivity contribution < 1.29 is 0 Å². The summed E-state index contributed by atoms with van der Waals surface area (Å²) in [4.78, 5) is 19.2. The standard InChI is InChI=1S/C14H18N4O/c1-14(5-2-6-14)8-16-13-17-11-4-3-9(15)7-10(11)12(19)18-13/h3-4,7H,2,5-6,8,15H2,1H3,(H2,16,17,18,19). The predicted molar refractivity (Wildman–Crippen MR) is 77.2 cm³/mol. The van der Waals surface area contributed by atoms with Gasteiger partial charge in [0.15, 0.2) is 0 Å². The zero-order valence-electron chi connectivity index (χ0n) is 11.0. The number of fused-ring (bicyclic) bond motifs is 1. The molecule has 1 aromatic carbocycles. The van der Waals surface area contributed by atoms with Crippen LogP contribution in [0.1, 0.15) is 26.2 Å². The van der Waals surface area contributed by atoms with Crippen LogP contribution >= 0.6 is 0 Å². The van der Waals surface area contributed by atoms with Crippen LogP contribution in [0.15, 0.2) is 23.0 Å². The highest BCUT2D eigenvalue weighted by Gasteiger charge is 2.31. The molecular weight excluding hydrogens is 240 g/mol. The lowest BCUT2D eigenvalue weighted by atomic mass is 9.70. The lowest BCUT2D eigenvalue weighted by molar-refractivity contribution is 0.179. The molecule has 4 N–H and O–H groups in total. The number of aromatic amines is 1. The highest BCUT2D eigenvalue weighted by molar-refractivity contribution is 5.81. The van der Waals surface area contributed by atoms with Gasteiger partial charge >= 0.3 is 0 Å². The summed E-state index contributed by atoms with van der Waals surface area (Å²) in [6.07, 6.45) is 3.75. The smallest absolute Gasteiger partial charge is 0.260 e. The molecule has 5 heteroatoms. The molecule has 1 aliphatic rings. The third-order valence-corrected chi connectivity index (χ3v) is 3.97. The summed E-state index contributed by atoms with van der Waals surface area (Å²) in [6, 6.07) is 5.18. The van der Waals surface area contributed by atoms with Crippen LogP contribution in [0, 0.1) is 5.41 Å². The molecular formula is C14H18N4O. The van der Waals surface area contributed by atoms with Crippen molar-refractivity contribution in [2.75, 3.05) is 17.6 Å². The molecule has 1 saturated carbocycles. The second-order valence-electron chi connectivity index (χ2n) is 5.71. The first kappa shape index (κ1) is 12.0. The molecule has 0 radical (unpaired) electrons. The van der Waals surface area contributed by atoms with Gasteiger partial charge in [0.25, 0.3) is 5.56 Å². The van der Waals surface area contributed by atoms with Gasteiger partial charge in [-0.3, -0.25) is 9.78 Å². The van der Waals surface area contributed by atoms with Crippen LogP contribution in [0.2, 0.25) is 0 Å². The first-order valence-corrected chi connectivity index (χ1v) is 6.59. The zero-order valence-corrected chi connectivity index (χ0v) is 11.0. The van der Waals surface area contributed by atoms with Gasteiger partial charge in [0.05, 0.1) is 10.9 Å². The predicted octanol–water partition coefficient (Wildman–Crippen LogP) is 2.11. The summed E-state index contributed by atoms with van der Waals surface area (Å²) in [5.74, 6) is 0.537. The number of hydrogen-bond acceptors (Lipinski definition) is 4. The first-order valence-electron chi connectivity index (χ1n) is 6.59. The van der Waals surface area contributed by atoms with Gasteiger partial charge in [0.1, 0.15) is 0 Å². The van der Waals surface area contributed by atoms with E-state index in [2.05, 4.69) is 22.2 Å². The molecule has 0 spiro atoms. The Morgan fingerprint density at radius 1 is 1.47 bits per heavy atom. The summed E-state index contributed by atoms with van der Waals surface area (Å²) in [7, 11) is 0. The number of nitrogens with two attached hydrogens (primary N) is 1. The van der Waals surface area contributed by atoms with Gasteiger partial charge in [-0.2, -0.15) is 0 Å². The molecule has 1 heterocycles. The topological polar surface area (TPSA) is 83.8 Å². The van der Waals surface area contributed by atoms with Crippen molar-refractivity contribution in [2.24, 2.45) is 5.41 Å². The minimum absolute atomic E-state index is 0.154. The maximum atomic E-state index is 12.0. The van der Waals surface area contributed by atoms with E-state index in [1.807, 2.05) is 0 Å². The van der Waals surface area contributed by atoms with E-state index in [4.69, 9.17) is 5.73 Å². The molecule has 0 unspecified atom stereocenters. The van der Waals surface area contributed by atoms with Crippen LogP contribution < -0.4 is 16.6 Å². The lowest BCUT2D eigenvalue weighted by Crippen LogP contribution is -2.34. The van der Waals surface area contributed by atoms with Crippen LogP contribution in [0.4, 0.5) is 11.6 Å².